The van der Waals surface area contributed by atoms with Gasteiger partial charge in [-0.15, -0.1) is 0 Å². The minimum absolute atomic E-state index is 0.255. The van der Waals surface area contributed by atoms with Gasteiger partial charge in [0.2, 0.25) is 0 Å². The van der Waals surface area contributed by atoms with Crippen molar-refractivity contribution in [3.63, 3.8) is 0 Å². The standard InChI is InChI=1S/C10H13IO/c1-8(2)10(11)12-9-6-4-3-5-7-9/h3-8,10H,1-2H3. The molecular formula is C10H13IO. The second kappa shape index (κ2) is 4.70. The van der Waals surface area contributed by atoms with Crippen LogP contribution >= 0.6 is 22.6 Å². The maximum absolute atomic E-state index is 5.66. The number of benzene rings is 1. The van der Waals surface area contributed by atoms with Gasteiger partial charge in [0.1, 0.15) is 5.75 Å². The molecule has 0 radical (unpaired) electrons. The molecule has 0 aliphatic heterocycles. The summed E-state index contributed by atoms with van der Waals surface area (Å²) >= 11 is 2.31. The van der Waals surface area contributed by atoms with Crippen molar-refractivity contribution in [1.29, 1.82) is 0 Å². The van der Waals surface area contributed by atoms with E-state index in [1.807, 2.05) is 30.3 Å². The molecule has 0 heterocycles. The Bertz CT molecular complexity index is 221. The molecule has 0 bridgehead atoms. The van der Waals surface area contributed by atoms with Gasteiger partial charge in [0.15, 0.2) is 4.11 Å². The lowest BCUT2D eigenvalue weighted by Gasteiger charge is -2.15. The lowest BCUT2D eigenvalue weighted by atomic mass is 10.2. The second-order valence-electron chi connectivity index (χ2n) is 3.03. The van der Waals surface area contributed by atoms with Gasteiger partial charge >= 0.3 is 0 Å². The van der Waals surface area contributed by atoms with E-state index in [2.05, 4.69) is 36.4 Å². The number of ether oxygens (including phenoxy) is 1. The first-order chi connectivity index (χ1) is 5.70. The molecule has 0 aliphatic carbocycles. The van der Waals surface area contributed by atoms with Crippen molar-refractivity contribution in [3.8, 4) is 5.75 Å². The highest BCUT2D eigenvalue weighted by atomic mass is 127. The predicted octanol–water partition coefficient (Wildman–Crippen LogP) is 3.48. The summed E-state index contributed by atoms with van der Waals surface area (Å²) in [6.07, 6.45) is 0. The average molecular weight is 276 g/mol. The van der Waals surface area contributed by atoms with Crippen LogP contribution in [-0.4, -0.2) is 4.11 Å². The Labute approximate surface area is 87.3 Å². The quantitative estimate of drug-likeness (QED) is 0.606. The fraction of sp³-hybridized carbons (Fsp3) is 0.400. The van der Waals surface area contributed by atoms with Gasteiger partial charge in [0.05, 0.1) is 0 Å². The average Bonchev–Trinajstić information content (AvgIpc) is 2.06. The fourth-order valence-corrected chi connectivity index (χ4v) is 1.06. The SMILES string of the molecule is CC(C)C(I)Oc1ccccc1. The number of hydrogen-bond acceptors (Lipinski definition) is 1. The van der Waals surface area contributed by atoms with Crippen LogP contribution in [0.15, 0.2) is 30.3 Å². The first-order valence-corrected chi connectivity index (χ1v) is 5.30. The summed E-state index contributed by atoms with van der Waals surface area (Å²) in [5.74, 6) is 1.50. The van der Waals surface area contributed by atoms with Crippen LogP contribution < -0.4 is 4.74 Å². The van der Waals surface area contributed by atoms with E-state index in [0.717, 1.165) is 5.75 Å². The zero-order valence-corrected chi connectivity index (χ0v) is 9.49. The summed E-state index contributed by atoms with van der Waals surface area (Å²) in [6, 6.07) is 9.92. The summed E-state index contributed by atoms with van der Waals surface area (Å²) in [6.45, 7) is 4.31. The van der Waals surface area contributed by atoms with Crippen LogP contribution in [0.3, 0.4) is 0 Å². The highest BCUT2D eigenvalue weighted by Gasteiger charge is 2.09. The van der Waals surface area contributed by atoms with Gasteiger partial charge in [-0.25, -0.2) is 0 Å². The molecule has 0 saturated carbocycles. The molecule has 0 amide bonds. The van der Waals surface area contributed by atoms with E-state index in [0.29, 0.717) is 5.92 Å². The van der Waals surface area contributed by atoms with E-state index in [-0.39, 0.29) is 4.11 Å². The number of alkyl halides is 1. The third-order valence-electron chi connectivity index (χ3n) is 1.52. The Kier molecular flexibility index (Phi) is 3.85. The molecule has 0 aliphatic rings. The molecule has 12 heavy (non-hydrogen) atoms. The van der Waals surface area contributed by atoms with E-state index < -0.39 is 0 Å². The maximum Gasteiger partial charge on any atom is 0.151 e. The minimum Gasteiger partial charge on any atom is -0.480 e. The molecule has 1 aromatic rings. The topological polar surface area (TPSA) is 9.23 Å². The summed E-state index contributed by atoms with van der Waals surface area (Å²) in [4.78, 5) is 0. The van der Waals surface area contributed by atoms with Crippen LogP contribution in [0.25, 0.3) is 0 Å². The number of halogens is 1. The van der Waals surface area contributed by atoms with Gasteiger partial charge in [0, 0.05) is 0 Å². The molecule has 1 aromatic carbocycles. The largest absolute Gasteiger partial charge is 0.480 e. The van der Waals surface area contributed by atoms with Crippen molar-refractivity contribution in [3.05, 3.63) is 30.3 Å². The van der Waals surface area contributed by atoms with Crippen LogP contribution in [0.1, 0.15) is 13.8 Å². The van der Waals surface area contributed by atoms with Gasteiger partial charge in [0.25, 0.3) is 0 Å². The summed E-state index contributed by atoms with van der Waals surface area (Å²) < 4.78 is 5.92. The predicted molar refractivity (Wildman–Crippen MR) is 59.7 cm³/mol. The van der Waals surface area contributed by atoms with E-state index in [4.69, 9.17) is 4.74 Å². The molecule has 0 N–H and O–H groups in total. The van der Waals surface area contributed by atoms with Crippen LogP contribution in [0.2, 0.25) is 0 Å². The van der Waals surface area contributed by atoms with E-state index in [9.17, 15) is 0 Å². The molecule has 2 heteroatoms. The van der Waals surface area contributed by atoms with Crippen molar-refractivity contribution in [1.82, 2.24) is 0 Å². The maximum atomic E-state index is 5.66. The third kappa shape index (κ3) is 3.01. The smallest absolute Gasteiger partial charge is 0.151 e. The molecule has 1 rings (SSSR count). The van der Waals surface area contributed by atoms with Crippen LogP contribution in [0, 0.1) is 5.92 Å². The molecule has 0 aromatic heterocycles. The van der Waals surface area contributed by atoms with Crippen molar-refractivity contribution in [2.45, 2.75) is 18.0 Å². The molecule has 1 nitrogen and oxygen atoms in total. The van der Waals surface area contributed by atoms with E-state index in [1.54, 1.807) is 0 Å². The third-order valence-corrected chi connectivity index (χ3v) is 3.21. The van der Waals surface area contributed by atoms with E-state index >= 15 is 0 Å². The highest BCUT2D eigenvalue weighted by Crippen LogP contribution is 2.19. The zero-order chi connectivity index (χ0) is 8.97. The Morgan fingerprint density at radius 2 is 1.75 bits per heavy atom. The summed E-state index contributed by atoms with van der Waals surface area (Å²) in [7, 11) is 0. The molecular weight excluding hydrogens is 263 g/mol. The zero-order valence-electron chi connectivity index (χ0n) is 7.33. The minimum atomic E-state index is 0.255. The summed E-state index contributed by atoms with van der Waals surface area (Å²) in [5, 5.41) is 0. The van der Waals surface area contributed by atoms with Crippen molar-refractivity contribution >= 4 is 22.6 Å². The molecule has 66 valence electrons. The Morgan fingerprint density at radius 1 is 1.17 bits per heavy atom. The summed E-state index contributed by atoms with van der Waals surface area (Å²) in [5.41, 5.74) is 0. The normalized spacial score (nSPS) is 13.0. The number of para-hydroxylation sites is 1. The van der Waals surface area contributed by atoms with Gasteiger partial charge in [-0.05, 0) is 40.6 Å². The monoisotopic (exact) mass is 276 g/mol. The van der Waals surface area contributed by atoms with Gasteiger partial charge in [-0.1, -0.05) is 32.0 Å². The fourth-order valence-electron chi connectivity index (χ4n) is 0.765. The molecule has 0 spiro atoms. The van der Waals surface area contributed by atoms with Gasteiger partial charge in [-0.3, -0.25) is 0 Å². The number of rotatable bonds is 3. The highest BCUT2D eigenvalue weighted by molar-refractivity contribution is 14.1. The van der Waals surface area contributed by atoms with Crippen molar-refractivity contribution < 1.29 is 4.74 Å². The molecule has 0 fully saturated rings. The lowest BCUT2D eigenvalue weighted by Crippen LogP contribution is -2.14. The number of hydrogen-bond donors (Lipinski definition) is 0. The van der Waals surface area contributed by atoms with Crippen molar-refractivity contribution in [2.24, 2.45) is 5.92 Å². The molecule has 1 unspecified atom stereocenters. The Hall–Kier alpha value is -0.250. The second-order valence-corrected chi connectivity index (χ2v) is 4.25. The first kappa shape index (κ1) is 9.84. The van der Waals surface area contributed by atoms with Crippen LogP contribution in [0.5, 0.6) is 5.75 Å². The molecule has 0 saturated heterocycles. The Balaban J connectivity index is 2.53. The van der Waals surface area contributed by atoms with Crippen LogP contribution in [0.4, 0.5) is 0 Å². The molecule has 1 atom stereocenters. The lowest BCUT2D eigenvalue weighted by molar-refractivity contribution is 0.252. The van der Waals surface area contributed by atoms with Gasteiger partial charge < -0.3 is 4.74 Å². The first-order valence-electron chi connectivity index (χ1n) is 4.06. The Morgan fingerprint density at radius 3 is 2.25 bits per heavy atom. The van der Waals surface area contributed by atoms with Crippen LogP contribution in [-0.2, 0) is 0 Å². The van der Waals surface area contributed by atoms with Crippen molar-refractivity contribution in [2.75, 3.05) is 0 Å². The van der Waals surface area contributed by atoms with Gasteiger partial charge in [-0.2, -0.15) is 0 Å². The van der Waals surface area contributed by atoms with E-state index in [1.165, 1.54) is 0 Å².